The molecule has 0 fully saturated rings. The zero-order chi connectivity index (χ0) is 20.3. The topological polar surface area (TPSA) is 127 Å². The van der Waals surface area contributed by atoms with Gasteiger partial charge in [-0.25, -0.2) is 9.59 Å². The van der Waals surface area contributed by atoms with Crippen LogP contribution in [0.5, 0.6) is 0 Å². The summed E-state index contributed by atoms with van der Waals surface area (Å²) < 4.78 is 11.0. The third-order valence-electron chi connectivity index (χ3n) is 3.81. The van der Waals surface area contributed by atoms with Crippen molar-refractivity contribution in [3.63, 3.8) is 0 Å². The van der Waals surface area contributed by atoms with Crippen LogP contribution in [-0.4, -0.2) is 32.3 Å². The van der Waals surface area contributed by atoms with Crippen LogP contribution in [0.25, 0.3) is 17.4 Å². The Balaban J connectivity index is 1.90. The lowest BCUT2D eigenvalue weighted by atomic mass is 10.0. The zero-order valence-corrected chi connectivity index (χ0v) is 15.8. The fourth-order valence-corrected chi connectivity index (χ4v) is 3.05. The van der Waals surface area contributed by atoms with Gasteiger partial charge in [-0.1, -0.05) is 13.0 Å². The molecule has 0 aliphatic rings. The molecule has 0 bridgehead atoms. The number of carbonyl (C=O) groups is 2. The van der Waals surface area contributed by atoms with E-state index in [9.17, 15) is 14.7 Å². The molecule has 0 unspecified atom stereocenters. The number of nitrogens with zero attached hydrogens (tertiary/aromatic N) is 2. The van der Waals surface area contributed by atoms with Crippen molar-refractivity contribution in [1.82, 2.24) is 10.2 Å². The van der Waals surface area contributed by atoms with E-state index >= 15 is 0 Å². The van der Waals surface area contributed by atoms with Gasteiger partial charge < -0.3 is 19.0 Å². The summed E-state index contributed by atoms with van der Waals surface area (Å²) in [4.78, 5) is 22.7. The molecule has 0 saturated heterocycles. The Labute approximate surface area is 163 Å². The molecule has 28 heavy (non-hydrogen) atoms. The Morgan fingerprint density at radius 3 is 2.57 bits per heavy atom. The maximum absolute atomic E-state index is 11.5. The number of hydrogen-bond donors (Lipinski definition) is 2. The molecule has 0 amide bonds. The third-order valence-corrected chi connectivity index (χ3v) is 4.66. The standard InChI is InChI=1S/C19H16N2O6S/c1-3-16-20-21-19(27-16)28-15(18(24)25)9-12-6-7-14(26-12)13-8-11(17(22)23)5-4-10(13)2/h4-9H,3H2,1-2H3,(H,22,23)(H,24,25)/b15-9-. The molecule has 0 atom stereocenters. The second-order valence-electron chi connectivity index (χ2n) is 5.77. The first-order valence-electron chi connectivity index (χ1n) is 8.26. The van der Waals surface area contributed by atoms with Crippen LogP contribution in [0.15, 0.2) is 49.3 Å². The summed E-state index contributed by atoms with van der Waals surface area (Å²) in [5.74, 6) is -1.05. The Bertz CT molecular complexity index is 1070. The zero-order valence-electron chi connectivity index (χ0n) is 15.0. The Hall–Kier alpha value is -3.33. The number of aliphatic carboxylic acids is 1. The normalized spacial score (nSPS) is 11.6. The summed E-state index contributed by atoms with van der Waals surface area (Å²) in [5.41, 5.74) is 1.59. The smallest absolute Gasteiger partial charge is 0.342 e. The van der Waals surface area contributed by atoms with Gasteiger partial charge >= 0.3 is 11.9 Å². The van der Waals surface area contributed by atoms with Gasteiger partial charge in [-0.3, -0.25) is 0 Å². The molecule has 2 heterocycles. The van der Waals surface area contributed by atoms with Gasteiger partial charge in [0.25, 0.3) is 5.22 Å². The minimum Gasteiger partial charge on any atom is -0.478 e. The number of benzene rings is 1. The Morgan fingerprint density at radius 2 is 1.93 bits per heavy atom. The summed E-state index contributed by atoms with van der Waals surface area (Å²) in [6.07, 6.45) is 1.90. The average Bonchev–Trinajstić information content (AvgIpc) is 3.30. The van der Waals surface area contributed by atoms with Gasteiger partial charge in [-0.05, 0) is 48.5 Å². The lowest BCUT2D eigenvalue weighted by Crippen LogP contribution is -1.97. The monoisotopic (exact) mass is 400 g/mol. The number of rotatable bonds is 7. The fraction of sp³-hybridized carbons (Fsp3) is 0.158. The molecule has 8 nitrogen and oxygen atoms in total. The Kier molecular flexibility index (Phi) is 5.65. The van der Waals surface area contributed by atoms with Crippen molar-refractivity contribution in [2.24, 2.45) is 0 Å². The van der Waals surface area contributed by atoms with Crippen molar-refractivity contribution in [3.05, 3.63) is 58.0 Å². The molecular formula is C19H16N2O6S. The minimum absolute atomic E-state index is 0.0526. The summed E-state index contributed by atoms with van der Waals surface area (Å²) in [6.45, 7) is 3.68. The molecule has 0 spiro atoms. The van der Waals surface area contributed by atoms with Gasteiger partial charge in [0.2, 0.25) is 5.89 Å². The predicted molar refractivity (Wildman–Crippen MR) is 101 cm³/mol. The minimum atomic E-state index is -1.16. The molecule has 9 heteroatoms. The maximum Gasteiger partial charge on any atom is 0.342 e. The number of aryl methyl sites for hydroxylation is 2. The van der Waals surface area contributed by atoms with Crippen LogP contribution in [0.3, 0.4) is 0 Å². The van der Waals surface area contributed by atoms with E-state index in [1.54, 1.807) is 18.2 Å². The lowest BCUT2D eigenvalue weighted by molar-refractivity contribution is -0.131. The van der Waals surface area contributed by atoms with Crippen molar-refractivity contribution < 1.29 is 28.6 Å². The first-order chi connectivity index (χ1) is 13.4. The molecule has 0 radical (unpaired) electrons. The highest BCUT2D eigenvalue weighted by Crippen LogP contribution is 2.31. The summed E-state index contributed by atoms with van der Waals surface area (Å²) in [5, 5.41) is 26.3. The summed E-state index contributed by atoms with van der Waals surface area (Å²) in [6, 6.07) is 7.99. The molecule has 3 rings (SSSR count). The second kappa shape index (κ2) is 8.13. The first kappa shape index (κ1) is 19.4. The van der Waals surface area contributed by atoms with E-state index in [2.05, 4.69) is 10.2 Å². The number of hydrogen-bond acceptors (Lipinski definition) is 7. The second-order valence-corrected chi connectivity index (χ2v) is 6.76. The molecule has 0 saturated carbocycles. The quantitative estimate of drug-likeness (QED) is 0.445. The van der Waals surface area contributed by atoms with Gasteiger partial charge in [0.1, 0.15) is 16.4 Å². The summed E-state index contributed by atoms with van der Waals surface area (Å²) >= 11 is 0.826. The van der Waals surface area contributed by atoms with Crippen molar-refractivity contribution in [3.8, 4) is 11.3 Å². The van der Waals surface area contributed by atoms with E-state index in [4.69, 9.17) is 13.9 Å². The highest BCUT2D eigenvalue weighted by atomic mass is 32.2. The van der Waals surface area contributed by atoms with E-state index < -0.39 is 11.9 Å². The van der Waals surface area contributed by atoms with E-state index in [0.29, 0.717) is 29.4 Å². The molecule has 0 aliphatic heterocycles. The van der Waals surface area contributed by atoms with Crippen LogP contribution in [0.1, 0.15) is 34.5 Å². The lowest BCUT2D eigenvalue weighted by Gasteiger charge is -2.04. The predicted octanol–water partition coefficient (Wildman–Crippen LogP) is 4.12. The van der Waals surface area contributed by atoms with Gasteiger partial charge in [-0.15, -0.1) is 10.2 Å². The summed E-state index contributed by atoms with van der Waals surface area (Å²) in [7, 11) is 0. The fourth-order valence-electron chi connectivity index (χ4n) is 2.38. The van der Waals surface area contributed by atoms with Gasteiger partial charge in [0, 0.05) is 18.1 Å². The molecule has 2 N–H and O–H groups in total. The van der Waals surface area contributed by atoms with E-state index in [0.717, 1.165) is 17.3 Å². The number of thioether (sulfide) groups is 1. The van der Waals surface area contributed by atoms with Crippen molar-refractivity contribution in [2.45, 2.75) is 25.5 Å². The average molecular weight is 400 g/mol. The molecule has 144 valence electrons. The molecule has 3 aromatic rings. The van der Waals surface area contributed by atoms with Crippen molar-refractivity contribution >= 4 is 29.8 Å². The van der Waals surface area contributed by atoms with Crippen LogP contribution in [-0.2, 0) is 11.2 Å². The number of carboxylic acid groups (broad SMARTS) is 2. The highest BCUT2D eigenvalue weighted by Gasteiger charge is 2.17. The number of furan rings is 1. The third kappa shape index (κ3) is 4.32. The van der Waals surface area contributed by atoms with E-state index in [-0.39, 0.29) is 15.7 Å². The van der Waals surface area contributed by atoms with Gasteiger partial charge in [0.15, 0.2) is 0 Å². The van der Waals surface area contributed by atoms with Crippen LogP contribution in [0, 0.1) is 6.92 Å². The first-order valence-corrected chi connectivity index (χ1v) is 9.08. The Morgan fingerprint density at radius 1 is 1.14 bits per heavy atom. The van der Waals surface area contributed by atoms with E-state index in [1.807, 2.05) is 13.8 Å². The largest absolute Gasteiger partial charge is 0.478 e. The van der Waals surface area contributed by atoms with Crippen molar-refractivity contribution in [1.29, 1.82) is 0 Å². The van der Waals surface area contributed by atoms with E-state index in [1.165, 1.54) is 18.2 Å². The number of aromatic nitrogens is 2. The molecule has 2 aromatic heterocycles. The van der Waals surface area contributed by atoms with Crippen molar-refractivity contribution in [2.75, 3.05) is 0 Å². The van der Waals surface area contributed by atoms with Crippen LogP contribution in [0.2, 0.25) is 0 Å². The van der Waals surface area contributed by atoms with Crippen LogP contribution in [0.4, 0.5) is 0 Å². The van der Waals surface area contributed by atoms with Gasteiger partial charge in [0.05, 0.1) is 5.56 Å². The molecule has 1 aromatic carbocycles. The maximum atomic E-state index is 11.5. The number of aromatic carboxylic acids is 1. The van der Waals surface area contributed by atoms with Crippen LogP contribution >= 0.6 is 11.8 Å². The SMILES string of the molecule is CCc1nnc(S/C(=C\c2ccc(-c3cc(C(=O)O)ccc3C)o2)C(=O)O)o1. The molecular weight excluding hydrogens is 384 g/mol. The van der Waals surface area contributed by atoms with Crippen LogP contribution < -0.4 is 0 Å². The molecule has 0 aliphatic carbocycles. The van der Waals surface area contributed by atoms with Gasteiger partial charge in [-0.2, -0.15) is 0 Å². The highest BCUT2D eigenvalue weighted by molar-refractivity contribution is 8.03. The number of carboxylic acids is 2.